The fourth-order valence-electron chi connectivity index (χ4n) is 2.76. The molecule has 0 unspecified atom stereocenters. The SMILES string of the molecule is CCCCCCCCc1cccc(Oc2cccc(S(=O)(=O)O)c2)c1[O-].[Na+]. The van der Waals surface area contributed by atoms with E-state index in [1.165, 1.54) is 49.9 Å². The number of unbranched alkanes of at least 4 members (excludes halogenated alkanes) is 5. The van der Waals surface area contributed by atoms with Gasteiger partial charge in [0.1, 0.15) is 11.5 Å². The number of aryl methyl sites for hydroxylation is 1. The molecule has 27 heavy (non-hydrogen) atoms. The molecule has 0 amide bonds. The molecule has 2 rings (SSSR count). The maximum atomic E-state index is 12.5. The molecule has 0 atom stereocenters. The van der Waals surface area contributed by atoms with Gasteiger partial charge in [-0.3, -0.25) is 4.55 Å². The average Bonchev–Trinajstić information content (AvgIpc) is 2.60. The minimum atomic E-state index is -4.32. The van der Waals surface area contributed by atoms with Crippen molar-refractivity contribution in [1.29, 1.82) is 0 Å². The zero-order chi connectivity index (χ0) is 19.0. The van der Waals surface area contributed by atoms with E-state index in [1.54, 1.807) is 18.2 Å². The third kappa shape index (κ3) is 7.84. The number of hydrogen-bond donors (Lipinski definition) is 1. The Labute approximate surface area is 183 Å². The van der Waals surface area contributed by atoms with Gasteiger partial charge in [0.05, 0.1) is 4.90 Å². The minimum Gasteiger partial charge on any atom is -0.870 e. The van der Waals surface area contributed by atoms with E-state index in [2.05, 4.69) is 6.92 Å². The van der Waals surface area contributed by atoms with E-state index >= 15 is 0 Å². The fraction of sp³-hybridized carbons (Fsp3) is 0.400. The Morgan fingerprint density at radius 1 is 1.00 bits per heavy atom. The van der Waals surface area contributed by atoms with E-state index in [0.29, 0.717) is 12.0 Å². The molecule has 0 fully saturated rings. The molecule has 0 spiro atoms. The van der Waals surface area contributed by atoms with Crippen molar-refractivity contribution in [3.8, 4) is 17.2 Å². The summed E-state index contributed by atoms with van der Waals surface area (Å²) in [6.07, 6.45) is 7.63. The van der Waals surface area contributed by atoms with Crippen molar-refractivity contribution < 1.29 is 52.4 Å². The van der Waals surface area contributed by atoms with Crippen molar-refractivity contribution in [2.24, 2.45) is 0 Å². The number of hydrogen-bond acceptors (Lipinski definition) is 4. The van der Waals surface area contributed by atoms with Gasteiger partial charge in [0.15, 0.2) is 0 Å². The molecule has 0 aromatic heterocycles. The molecule has 1 N–H and O–H groups in total. The van der Waals surface area contributed by atoms with Gasteiger partial charge in [-0.05, 0) is 31.0 Å². The molecular formula is C20H25NaO5S. The monoisotopic (exact) mass is 400 g/mol. The third-order valence-corrected chi connectivity index (χ3v) is 5.04. The normalized spacial score (nSPS) is 11.0. The molecule has 5 nitrogen and oxygen atoms in total. The summed E-state index contributed by atoms with van der Waals surface area (Å²) < 4.78 is 37.1. The molecule has 0 saturated carbocycles. The van der Waals surface area contributed by atoms with E-state index < -0.39 is 10.1 Å². The number of para-hydroxylation sites is 1. The van der Waals surface area contributed by atoms with Crippen LogP contribution in [0.4, 0.5) is 0 Å². The Bertz CT molecular complexity index is 821. The maximum absolute atomic E-state index is 12.5. The summed E-state index contributed by atoms with van der Waals surface area (Å²) in [4.78, 5) is -0.273. The van der Waals surface area contributed by atoms with E-state index in [-0.39, 0.29) is 51.7 Å². The van der Waals surface area contributed by atoms with Gasteiger partial charge in [0.25, 0.3) is 10.1 Å². The Hall–Kier alpha value is -1.05. The van der Waals surface area contributed by atoms with Gasteiger partial charge >= 0.3 is 29.6 Å². The van der Waals surface area contributed by atoms with Gasteiger partial charge in [-0.1, -0.05) is 68.5 Å². The summed E-state index contributed by atoms with van der Waals surface area (Å²) >= 11 is 0. The quantitative estimate of drug-likeness (QED) is 0.373. The second-order valence-corrected chi connectivity index (χ2v) is 7.74. The first-order valence-corrected chi connectivity index (χ1v) is 10.4. The summed E-state index contributed by atoms with van der Waals surface area (Å²) in [6.45, 7) is 2.18. The van der Waals surface area contributed by atoms with E-state index in [9.17, 15) is 13.5 Å². The van der Waals surface area contributed by atoms with Crippen LogP contribution in [0.2, 0.25) is 0 Å². The summed E-state index contributed by atoms with van der Waals surface area (Å²) in [5.74, 6) is 0.160. The van der Waals surface area contributed by atoms with Crippen molar-refractivity contribution >= 4 is 10.1 Å². The summed E-state index contributed by atoms with van der Waals surface area (Å²) in [5.41, 5.74) is 0.698. The van der Waals surface area contributed by atoms with Crippen LogP contribution in [-0.4, -0.2) is 13.0 Å². The van der Waals surface area contributed by atoms with E-state index in [0.717, 1.165) is 12.8 Å². The second kappa shape index (κ2) is 11.7. The molecule has 0 bridgehead atoms. The maximum Gasteiger partial charge on any atom is 1.00 e. The predicted molar refractivity (Wildman–Crippen MR) is 99.3 cm³/mol. The van der Waals surface area contributed by atoms with Crippen LogP contribution in [0.5, 0.6) is 17.2 Å². The van der Waals surface area contributed by atoms with Gasteiger partial charge < -0.3 is 9.84 Å². The van der Waals surface area contributed by atoms with Crippen LogP contribution >= 0.6 is 0 Å². The first-order valence-electron chi connectivity index (χ1n) is 8.96. The molecular weight excluding hydrogens is 375 g/mol. The second-order valence-electron chi connectivity index (χ2n) is 6.31. The molecule has 0 aliphatic heterocycles. The number of ether oxygens (including phenoxy) is 1. The van der Waals surface area contributed by atoms with Crippen LogP contribution in [0, 0.1) is 0 Å². The molecule has 0 heterocycles. The van der Waals surface area contributed by atoms with Gasteiger partial charge in [-0.15, -0.1) is 0 Å². The largest absolute Gasteiger partial charge is 1.00 e. The molecule has 0 saturated heterocycles. The topological polar surface area (TPSA) is 86.7 Å². The number of benzene rings is 2. The van der Waals surface area contributed by atoms with Crippen molar-refractivity contribution in [3.63, 3.8) is 0 Å². The van der Waals surface area contributed by atoms with Crippen LogP contribution in [0.1, 0.15) is 51.0 Å². The van der Waals surface area contributed by atoms with Crippen molar-refractivity contribution in [3.05, 3.63) is 48.0 Å². The van der Waals surface area contributed by atoms with E-state index in [4.69, 9.17) is 9.29 Å². The molecule has 2 aromatic carbocycles. The van der Waals surface area contributed by atoms with Crippen LogP contribution in [-0.2, 0) is 16.5 Å². The van der Waals surface area contributed by atoms with E-state index in [1.807, 2.05) is 0 Å². The first kappa shape index (κ1) is 24.0. The van der Waals surface area contributed by atoms with Crippen molar-refractivity contribution in [2.75, 3.05) is 0 Å². The number of rotatable bonds is 10. The zero-order valence-corrected chi connectivity index (χ0v) is 18.8. The Balaban J connectivity index is 0.00000364. The van der Waals surface area contributed by atoms with Gasteiger partial charge in [-0.2, -0.15) is 8.42 Å². The molecule has 0 aliphatic carbocycles. The molecule has 7 heteroatoms. The average molecular weight is 400 g/mol. The molecule has 0 radical (unpaired) electrons. The molecule has 0 aliphatic rings. The minimum absolute atomic E-state index is 0. The van der Waals surface area contributed by atoms with Gasteiger partial charge in [0.2, 0.25) is 0 Å². The summed E-state index contributed by atoms with van der Waals surface area (Å²) in [6, 6.07) is 10.6. The van der Waals surface area contributed by atoms with Crippen LogP contribution in [0.3, 0.4) is 0 Å². The van der Waals surface area contributed by atoms with Crippen LogP contribution in [0.25, 0.3) is 0 Å². The smallest absolute Gasteiger partial charge is 0.870 e. The predicted octanol–water partition coefficient (Wildman–Crippen LogP) is 1.71. The standard InChI is InChI=1S/C20H26O5S.Na/c1-2-3-4-5-6-7-10-16-11-8-14-19(20(16)21)25-17-12-9-13-18(15-17)26(22,23)24;/h8-9,11-15,21H,2-7,10H2,1H3,(H,22,23,24);/q;+1/p-1. The molecule has 2 aromatic rings. The zero-order valence-electron chi connectivity index (χ0n) is 16.0. The molecule has 142 valence electrons. The van der Waals surface area contributed by atoms with Gasteiger partial charge in [0, 0.05) is 6.07 Å². The van der Waals surface area contributed by atoms with Crippen LogP contribution in [0.15, 0.2) is 47.4 Å². The van der Waals surface area contributed by atoms with Crippen molar-refractivity contribution in [2.45, 2.75) is 56.8 Å². The third-order valence-electron chi connectivity index (χ3n) is 4.19. The van der Waals surface area contributed by atoms with Gasteiger partial charge in [-0.25, -0.2) is 0 Å². The summed E-state index contributed by atoms with van der Waals surface area (Å²) in [7, 11) is -4.32. The van der Waals surface area contributed by atoms with Crippen molar-refractivity contribution in [1.82, 2.24) is 0 Å². The van der Waals surface area contributed by atoms with Crippen LogP contribution < -0.4 is 39.4 Å². The Kier molecular flexibility index (Phi) is 10.4. The first-order chi connectivity index (χ1) is 12.4. The fourth-order valence-corrected chi connectivity index (χ4v) is 3.28. The summed E-state index contributed by atoms with van der Waals surface area (Å²) in [5, 5.41) is 12.5. The Morgan fingerprint density at radius 3 is 2.37 bits per heavy atom. The Morgan fingerprint density at radius 2 is 1.67 bits per heavy atom.